The number of nitrogens with zero attached hydrogens (tertiary/aromatic N) is 1. The van der Waals surface area contributed by atoms with E-state index in [2.05, 4.69) is 10.2 Å². The first-order valence-electron chi connectivity index (χ1n) is 8.97. The van der Waals surface area contributed by atoms with Gasteiger partial charge in [-0.1, -0.05) is 40.9 Å². The van der Waals surface area contributed by atoms with Gasteiger partial charge in [0.25, 0.3) is 0 Å². The monoisotopic (exact) mass is 464 g/mol. The summed E-state index contributed by atoms with van der Waals surface area (Å²) >= 11 is 17.6. The highest BCUT2D eigenvalue weighted by molar-refractivity contribution is 6.42. The summed E-state index contributed by atoms with van der Waals surface area (Å²) in [5.74, 6) is -0.542. The van der Waals surface area contributed by atoms with E-state index in [0.717, 1.165) is 17.7 Å². The van der Waals surface area contributed by atoms with Crippen LogP contribution in [-0.2, 0) is 17.5 Å². The van der Waals surface area contributed by atoms with Crippen LogP contribution in [0.2, 0.25) is 15.1 Å². The largest absolute Gasteiger partial charge is 0.417 e. The molecule has 1 N–H and O–H groups in total. The second kappa shape index (κ2) is 9.13. The maximum atomic E-state index is 13.0. The Hall–Kier alpha value is -1.47. The Morgan fingerprint density at radius 1 is 1.00 bits per heavy atom. The van der Waals surface area contributed by atoms with Gasteiger partial charge in [0, 0.05) is 18.2 Å². The van der Waals surface area contributed by atoms with E-state index in [1.807, 2.05) is 12.1 Å². The average Bonchev–Trinajstić information content (AvgIpc) is 2.66. The summed E-state index contributed by atoms with van der Waals surface area (Å²) in [5, 5.41) is 3.19. The molecule has 0 bridgehead atoms. The van der Waals surface area contributed by atoms with Gasteiger partial charge in [-0.3, -0.25) is 9.69 Å². The van der Waals surface area contributed by atoms with Gasteiger partial charge >= 0.3 is 6.18 Å². The molecule has 3 nitrogen and oxygen atoms in total. The van der Waals surface area contributed by atoms with E-state index in [1.165, 1.54) is 6.07 Å². The van der Waals surface area contributed by atoms with Gasteiger partial charge in [-0.15, -0.1) is 0 Å². The van der Waals surface area contributed by atoms with Crippen molar-refractivity contribution in [2.45, 2.75) is 25.6 Å². The molecule has 0 spiro atoms. The van der Waals surface area contributed by atoms with E-state index in [9.17, 15) is 18.0 Å². The molecule has 3 rings (SSSR count). The van der Waals surface area contributed by atoms with Crippen LogP contribution in [0.25, 0.3) is 0 Å². The van der Waals surface area contributed by atoms with Crippen LogP contribution >= 0.6 is 34.8 Å². The van der Waals surface area contributed by atoms with E-state index in [0.29, 0.717) is 42.5 Å². The van der Waals surface area contributed by atoms with Crippen molar-refractivity contribution >= 4 is 46.4 Å². The Kier molecular flexibility index (Phi) is 6.99. The van der Waals surface area contributed by atoms with Gasteiger partial charge in [0.15, 0.2) is 0 Å². The lowest BCUT2D eigenvalue weighted by Crippen LogP contribution is -2.37. The fourth-order valence-electron chi connectivity index (χ4n) is 3.31. The van der Waals surface area contributed by atoms with Gasteiger partial charge in [-0.05, 0) is 61.8 Å². The van der Waals surface area contributed by atoms with Crippen molar-refractivity contribution in [2.75, 3.05) is 18.4 Å². The summed E-state index contributed by atoms with van der Waals surface area (Å²) in [5.41, 5.74) is 0.154. The Bertz CT molecular complexity index is 897. The highest BCUT2D eigenvalue weighted by Gasteiger charge is 2.33. The van der Waals surface area contributed by atoms with Crippen molar-refractivity contribution in [3.63, 3.8) is 0 Å². The third-order valence-electron chi connectivity index (χ3n) is 4.89. The third kappa shape index (κ3) is 5.79. The third-order valence-corrected chi connectivity index (χ3v) is 5.96. The van der Waals surface area contributed by atoms with Gasteiger partial charge in [0.1, 0.15) is 0 Å². The first-order chi connectivity index (χ1) is 13.6. The van der Waals surface area contributed by atoms with E-state index < -0.39 is 16.8 Å². The van der Waals surface area contributed by atoms with Crippen molar-refractivity contribution < 1.29 is 18.0 Å². The number of alkyl halides is 3. The molecule has 1 fully saturated rings. The number of amides is 1. The van der Waals surface area contributed by atoms with Crippen molar-refractivity contribution in [2.24, 2.45) is 5.92 Å². The molecule has 1 aliphatic heterocycles. The topological polar surface area (TPSA) is 32.3 Å². The lowest BCUT2D eigenvalue weighted by molar-refractivity contribution is -0.137. The number of hydrogen-bond acceptors (Lipinski definition) is 2. The summed E-state index contributed by atoms with van der Waals surface area (Å²) in [6.45, 7) is 2.09. The first kappa shape index (κ1) is 22.2. The summed E-state index contributed by atoms with van der Waals surface area (Å²) < 4.78 is 38.9. The maximum Gasteiger partial charge on any atom is 0.417 e. The SMILES string of the molecule is O=C(Nc1ccc(Cl)c(C(F)(F)F)c1)C1CCN(Cc2ccc(Cl)c(Cl)c2)CC1. The smallest absolute Gasteiger partial charge is 0.326 e. The zero-order valence-electron chi connectivity index (χ0n) is 15.2. The highest BCUT2D eigenvalue weighted by atomic mass is 35.5. The summed E-state index contributed by atoms with van der Waals surface area (Å²) in [4.78, 5) is 14.7. The number of benzene rings is 2. The summed E-state index contributed by atoms with van der Waals surface area (Å²) in [6.07, 6.45) is -3.34. The van der Waals surface area contributed by atoms with Crippen LogP contribution in [0.1, 0.15) is 24.0 Å². The van der Waals surface area contributed by atoms with Crippen LogP contribution in [0.3, 0.4) is 0 Å². The number of nitrogens with one attached hydrogen (secondary N) is 1. The Morgan fingerprint density at radius 2 is 1.66 bits per heavy atom. The number of hydrogen-bond donors (Lipinski definition) is 1. The molecule has 1 heterocycles. The van der Waals surface area contributed by atoms with Crippen molar-refractivity contribution in [1.82, 2.24) is 4.90 Å². The van der Waals surface area contributed by atoms with E-state index in [-0.39, 0.29) is 17.5 Å². The van der Waals surface area contributed by atoms with Crippen LogP contribution in [0.4, 0.5) is 18.9 Å². The van der Waals surface area contributed by atoms with Crippen molar-refractivity contribution in [1.29, 1.82) is 0 Å². The Balaban J connectivity index is 1.55. The number of halogens is 6. The molecule has 156 valence electrons. The molecule has 29 heavy (non-hydrogen) atoms. The number of carbonyl (C=O) groups is 1. The molecule has 0 saturated carbocycles. The zero-order chi connectivity index (χ0) is 21.2. The van der Waals surface area contributed by atoms with Gasteiger partial charge in [0.2, 0.25) is 5.91 Å². The van der Waals surface area contributed by atoms with Crippen LogP contribution in [-0.4, -0.2) is 23.9 Å². The lowest BCUT2D eigenvalue weighted by Gasteiger charge is -2.31. The minimum atomic E-state index is -4.58. The number of anilines is 1. The average molecular weight is 466 g/mol. The molecule has 1 saturated heterocycles. The van der Waals surface area contributed by atoms with Crippen LogP contribution < -0.4 is 5.32 Å². The molecule has 0 radical (unpaired) electrons. The van der Waals surface area contributed by atoms with Crippen LogP contribution in [0.15, 0.2) is 36.4 Å². The molecular formula is C20H18Cl3F3N2O. The predicted molar refractivity (Wildman–Crippen MR) is 110 cm³/mol. The normalized spacial score (nSPS) is 16.1. The van der Waals surface area contributed by atoms with E-state index >= 15 is 0 Å². The fourth-order valence-corrected chi connectivity index (χ4v) is 3.86. The Labute approximate surface area is 181 Å². The van der Waals surface area contributed by atoms with Gasteiger partial charge < -0.3 is 5.32 Å². The quantitative estimate of drug-likeness (QED) is 0.558. The molecule has 0 unspecified atom stereocenters. The van der Waals surface area contributed by atoms with Gasteiger partial charge in [-0.2, -0.15) is 13.2 Å². The molecule has 0 atom stereocenters. The molecule has 9 heteroatoms. The molecule has 1 amide bonds. The van der Waals surface area contributed by atoms with Crippen LogP contribution in [0, 0.1) is 5.92 Å². The van der Waals surface area contributed by atoms with Crippen LogP contribution in [0.5, 0.6) is 0 Å². The molecular weight excluding hydrogens is 448 g/mol. The summed E-state index contributed by atoms with van der Waals surface area (Å²) in [6, 6.07) is 8.85. The maximum absolute atomic E-state index is 13.0. The second-order valence-corrected chi connectivity index (χ2v) is 8.20. The first-order valence-corrected chi connectivity index (χ1v) is 10.1. The van der Waals surface area contributed by atoms with Gasteiger partial charge in [-0.25, -0.2) is 0 Å². The Morgan fingerprint density at radius 3 is 2.28 bits per heavy atom. The zero-order valence-corrected chi connectivity index (χ0v) is 17.5. The van der Waals surface area contributed by atoms with E-state index in [1.54, 1.807) is 6.07 Å². The lowest BCUT2D eigenvalue weighted by atomic mass is 9.95. The standard InChI is InChI=1S/C20H18Cl3F3N2O/c21-16-4-2-14(10-15(16)20(24,25)26)27-19(29)13-5-7-28(8-6-13)11-12-1-3-17(22)18(23)9-12/h1-4,9-10,13H,5-8,11H2,(H,27,29). The fraction of sp³-hybridized carbons (Fsp3) is 0.350. The highest BCUT2D eigenvalue weighted by Crippen LogP contribution is 2.36. The molecule has 0 aliphatic carbocycles. The van der Waals surface area contributed by atoms with Crippen molar-refractivity contribution in [3.05, 3.63) is 62.6 Å². The number of rotatable bonds is 4. The molecule has 2 aromatic carbocycles. The number of likely N-dealkylation sites (tertiary alicyclic amines) is 1. The number of carbonyl (C=O) groups excluding carboxylic acids is 1. The molecule has 0 aromatic heterocycles. The number of piperidine rings is 1. The van der Waals surface area contributed by atoms with E-state index in [4.69, 9.17) is 34.8 Å². The predicted octanol–water partition coefficient (Wildman–Crippen LogP) is 6.52. The molecule has 1 aliphatic rings. The van der Waals surface area contributed by atoms with Crippen molar-refractivity contribution in [3.8, 4) is 0 Å². The minimum Gasteiger partial charge on any atom is -0.326 e. The minimum absolute atomic E-state index is 0.0879. The molecule has 2 aromatic rings. The summed E-state index contributed by atoms with van der Waals surface area (Å²) in [7, 11) is 0. The van der Waals surface area contributed by atoms with Gasteiger partial charge in [0.05, 0.1) is 20.6 Å². The second-order valence-electron chi connectivity index (χ2n) is 6.98.